The minimum Gasteiger partial charge on any atom is -0.478 e. The maximum absolute atomic E-state index is 12.6. The summed E-state index contributed by atoms with van der Waals surface area (Å²) >= 11 is 2.74. The van der Waals surface area contributed by atoms with Crippen LogP contribution in [-0.2, 0) is 22.4 Å². The maximum Gasteiger partial charge on any atom is 0.341 e. The molecule has 7 nitrogen and oxygen atoms in total. The second-order valence-corrected chi connectivity index (χ2v) is 9.36. The van der Waals surface area contributed by atoms with E-state index >= 15 is 0 Å². The lowest BCUT2D eigenvalue weighted by molar-refractivity contribution is -0.113. The smallest absolute Gasteiger partial charge is 0.341 e. The van der Waals surface area contributed by atoms with Crippen molar-refractivity contribution in [2.75, 3.05) is 24.3 Å². The van der Waals surface area contributed by atoms with E-state index in [1.807, 2.05) is 6.92 Å². The molecule has 3 rings (SSSR count). The number of amides is 1. The Morgan fingerprint density at radius 2 is 2.16 bits per heavy atom. The molecule has 1 N–H and O–H groups in total. The van der Waals surface area contributed by atoms with Gasteiger partial charge in [-0.2, -0.15) is 4.98 Å². The molecule has 9 heteroatoms. The van der Waals surface area contributed by atoms with Crippen LogP contribution in [0.4, 0.5) is 5.00 Å². The number of thioether (sulfide) groups is 1. The molecule has 0 spiro atoms. The van der Waals surface area contributed by atoms with Gasteiger partial charge in [-0.15, -0.1) is 11.3 Å². The Bertz CT molecular complexity index is 916. The number of fused-ring (bicyclic) bond motifs is 1. The Morgan fingerprint density at radius 3 is 2.90 bits per heavy atom. The Morgan fingerprint density at radius 1 is 1.32 bits per heavy atom. The van der Waals surface area contributed by atoms with Crippen LogP contribution in [0.1, 0.15) is 60.8 Å². The first kappa shape index (κ1) is 23.5. The van der Waals surface area contributed by atoms with Gasteiger partial charge in [0.2, 0.25) is 11.8 Å². The second-order valence-electron chi connectivity index (χ2n) is 7.31. The van der Waals surface area contributed by atoms with Crippen molar-refractivity contribution in [2.45, 2.75) is 58.0 Å². The highest BCUT2D eigenvalue weighted by Crippen LogP contribution is 2.41. The predicted molar refractivity (Wildman–Crippen MR) is 123 cm³/mol. The summed E-state index contributed by atoms with van der Waals surface area (Å²) in [5.74, 6) is 0.701. The topological polar surface area (TPSA) is 90.4 Å². The summed E-state index contributed by atoms with van der Waals surface area (Å²) in [5, 5.41) is 4.00. The summed E-state index contributed by atoms with van der Waals surface area (Å²) in [4.78, 5) is 35.0. The highest BCUT2D eigenvalue weighted by molar-refractivity contribution is 7.99. The maximum atomic E-state index is 12.6. The zero-order valence-electron chi connectivity index (χ0n) is 18.2. The molecule has 168 valence electrons. The number of aromatic nitrogens is 2. The van der Waals surface area contributed by atoms with Crippen molar-refractivity contribution in [2.24, 2.45) is 5.92 Å². The molecule has 2 aromatic rings. The van der Waals surface area contributed by atoms with Gasteiger partial charge in [0.05, 0.1) is 24.5 Å². The molecular weight excluding hydrogens is 434 g/mol. The van der Waals surface area contributed by atoms with Gasteiger partial charge in [0, 0.05) is 17.1 Å². The van der Waals surface area contributed by atoms with Gasteiger partial charge < -0.3 is 14.8 Å². The molecule has 1 atom stereocenters. The highest BCUT2D eigenvalue weighted by Gasteiger charge is 2.29. The van der Waals surface area contributed by atoms with Crippen molar-refractivity contribution in [3.63, 3.8) is 0 Å². The van der Waals surface area contributed by atoms with Crippen LogP contribution in [0.3, 0.4) is 0 Å². The molecule has 0 saturated carbocycles. The van der Waals surface area contributed by atoms with Crippen molar-refractivity contribution in [3.05, 3.63) is 28.3 Å². The van der Waals surface area contributed by atoms with Crippen LogP contribution >= 0.6 is 23.1 Å². The van der Waals surface area contributed by atoms with Crippen molar-refractivity contribution in [1.82, 2.24) is 9.97 Å². The molecule has 0 saturated heterocycles. The molecule has 1 unspecified atom stereocenters. The van der Waals surface area contributed by atoms with E-state index in [9.17, 15) is 9.59 Å². The average Bonchev–Trinajstić information content (AvgIpc) is 3.13. The molecule has 0 bridgehead atoms. The van der Waals surface area contributed by atoms with Crippen LogP contribution in [0.25, 0.3) is 0 Å². The Kier molecular flexibility index (Phi) is 8.71. The van der Waals surface area contributed by atoms with Crippen LogP contribution in [0.2, 0.25) is 0 Å². The third-order valence-electron chi connectivity index (χ3n) is 5.07. The molecule has 2 aromatic heterocycles. The lowest BCUT2D eigenvalue weighted by Crippen LogP contribution is -2.18. The fraction of sp³-hybridized carbons (Fsp3) is 0.545. The number of carbonyl (C=O) groups is 2. The molecule has 2 heterocycles. The third-order valence-corrected chi connectivity index (χ3v) is 7.10. The molecule has 1 aliphatic carbocycles. The van der Waals surface area contributed by atoms with E-state index in [1.54, 1.807) is 19.2 Å². The number of nitrogens with one attached hydrogen (secondary N) is 1. The fourth-order valence-electron chi connectivity index (χ4n) is 3.48. The van der Waals surface area contributed by atoms with Crippen molar-refractivity contribution >= 4 is 40.0 Å². The van der Waals surface area contributed by atoms with E-state index in [4.69, 9.17) is 9.47 Å². The summed E-state index contributed by atoms with van der Waals surface area (Å²) in [6.07, 6.45) is 6.48. The lowest BCUT2D eigenvalue weighted by Gasteiger charge is -2.20. The van der Waals surface area contributed by atoms with Gasteiger partial charge in [0.25, 0.3) is 0 Å². The van der Waals surface area contributed by atoms with E-state index in [0.717, 1.165) is 37.7 Å². The van der Waals surface area contributed by atoms with E-state index in [-0.39, 0.29) is 17.6 Å². The van der Waals surface area contributed by atoms with Crippen molar-refractivity contribution in [1.29, 1.82) is 0 Å². The number of ether oxygens (including phenoxy) is 2. The Balaban J connectivity index is 1.69. The van der Waals surface area contributed by atoms with E-state index in [0.29, 0.717) is 40.7 Å². The average molecular weight is 464 g/mol. The van der Waals surface area contributed by atoms with Crippen LogP contribution in [0, 0.1) is 5.92 Å². The van der Waals surface area contributed by atoms with Crippen LogP contribution < -0.4 is 10.1 Å². The van der Waals surface area contributed by atoms with Crippen molar-refractivity contribution < 1.29 is 19.1 Å². The number of esters is 1. The number of hydrogen-bond donors (Lipinski definition) is 1. The summed E-state index contributed by atoms with van der Waals surface area (Å²) in [6, 6.07) is 1.70. The zero-order chi connectivity index (χ0) is 22.2. The monoisotopic (exact) mass is 463 g/mol. The van der Waals surface area contributed by atoms with Crippen LogP contribution in [-0.4, -0.2) is 40.8 Å². The highest BCUT2D eigenvalue weighted by atomic mass is 32.2. The van der Waals surface area contributed by atoms with Gasteiger partial charge >= 0.3 is 5.97 Å². The quantitative estimate of drug-likeness (QED) is 0.309. The summed E-state index contributed by atoms with van der Waals surface area (Å²) in [6.45, 7) is 6.89. The molecule has 1 aliphatic rings. The molecule has 0 aliphatic heterocycles. The SMILES string of the molecule is CCCOc1ccnc(SCC(=O)Nc2sc3c(c2C(=O)OCC)CCC(CC)C3)n1. The Hall–Kier alpha value is -2.13. The number of carbonyl (C=O) groups excluding carboxylic acids is 2. The predicted octanol–water partition coefficient (Wildman–Crippen LogP) is 4.75. The molecule has 0 aromatic carbocycles. The summed E-state index contributed by atoms with van der Waals surface area (Å²) in [5.41, 5.74) is 1.57. The minimum absolute atomic E-state index is 0.139. The minimum atomic E-state index is -0.359. The normalized spacial score (nSPS) is 15.3. The summed E-state index contributed by atoms with van der Waals surface area (Å²) < 4.78 is 10.8. The molecule has 0 fully saturated rings. The first-order valence-corrected chi connectivity index (χ1v) is 12.6. The Labute approximate surface area is 191 Å². The molecular formula is C22H29N3O4S2. The molecule has 1 amide bonds. The number of thiophene rings is 1. The standard InChI is InChI=1S/C22H29N3O4S2/c1-4-11-29-18-9-10-23-22(25-18)30-13-17(26)24-20-19(21(27)28-6-3)15-8-7-14(5-2)12-16(15)31-20/h9-10,14H,4-8,11-13H2,1-3H3,(H,24,26). The van der Waals surface area contributed by atoms with E-state index in [1.165, 1.54) is 28.0 Å². The van der Waals surface area contributed by atoms with Gasteiger partial charge in [-0.3, -0.25) is 4.79 Å². The van der Waals surface area contributed by atoms with Gasteiger partial charge in [-0.1, -0.05) is 32.0 Å². The van der Waals surface area contributed by atoms with Gasteiger partial charge in [0.15, 0.2) is 5.16 Å². The number of rotatable bonds is 10. The summed E-state index contributed by atoms with van der Waals surface area (Å²) in [7, 11) is 0. The second kappa shape index (κ2) is 11.5. The third kappa shape index (κ3) is 6.20. The first-order valence-electron chi connectivity index (χ1n) is 10.8. The van der Waals surface area contributed by atoms with Gasteiger partial charge in [0.1, 0.15) is 5.00 Å². The van der Waals surface area contributed by atoms with E-state index < -0.39 is 0 Å². The van der Waals surface area contributed by atoms with Gasteiger partial charge in [-0.05, 0) is 44.1 Å². The number of anilines is 1. The number of nitrogens with zero attached hydrogens (tertiary/aromatic N) is 2. The largest absolute Gasteiger partial charge is 0.478 e. The van der Waals surface area contributed by atoms with Crippen LogP contribution in [0.5, 0.6) is 5.88 Å². The van der Waals surface area contributed by atoms with Gasteiger partial charge in [-0.25, -0.2) is 9.78 Å². The first-order chi connectivity index (χ1) is 15.0. The lowest BCUT2D eigenvalue weighted by atomic mass is 9.85. The van der Waals surface area contributed by atoms with Crippen LogP contribution in [0.15, 0.2) is 17.4 Å². The zero-order valence-corrected chi connectivity index (χ0v) is 19.9. The fourth-order valence-corrected chi connectivity index (χ4v) is 5.47. The van der Waals surface area contributed by atoms with Crippen molar-refractivity contribution in [3.8, 4) is 5.88 Å². The molecule has 0 radical (unpaired) electrons. The van der Waals surface area contributed by atoms with E-state index in [2.05, 4.69) is 22.2 Å². The number of hydrogen-bond acceptors (Lipinski definition) is 8. The molecule has 31 heavy (non-hydrogen) atoms.